The number of hydrogen-bond donors (Lipinski definition) is 2. The molecule has 2 amide bonds. The highest BCUT2D eigenvalue weighted by Crippen LogP contribution is 2.11. The molecule has 2 rings (SSSR count). The quantitative estimate of drug-likeness (QED) is 0.854. The van der Waals surface area contributed by atoms with Gasteiger partial charge in [0.15, 0.2) is 0 Å². The molecule has 0 aliphatic carbocycles. The molecule has 0 spiro atoms. The van der Waals surface area contributed by atoms with Gasteiger partial charge in [-0.15, -0.1) is 0 Å². The maximum Gasteiger partial charge on any atom is 0.251 e. The Labute approximate surface area is 130 Å². The highest BCUT2D eigenvalue weighted by Gasteiger charge is 2.19. The molecule has 0 radical (unpaired) electrons. The van der Waals surface area contributed by atoms with Gasteiger partial charge in [0.25, 0.3) is 5.91 Å². The van der Waals surface area contributed by atoms with Crippen molar-refractivity contribution in [3.8, 4) is 0 Å². The van der Waals surface area contributed by atoms with Gasteiger partial charge in [-0.05, 0) is 32.0 Å². The Morgan fingerprint density at radius 2 is 2.23 bits per heavy atom. The molecule has 120 valence electrons. The number of rotatable bonds is 5. The molecule has 2 N–H and O–H groups in total. The average Bonchev–Trinajstić information content (AvgIpc) is 2.47. The first-order valence-electron chi connectivity index (χ1n) is 7.60. The van der Waals surface area contributed by atoms with Crippen LogP contribution in [0.4, 0.5) is 5.69 Å². The Morgan fingerprint density at radius 3 is 2.95 bits per heavy atom. The number of nitrogens with one attached hydrogen (secondary N) is 2. The minimum absolute atomic E-state index is 0.0813. The molecule has 22 heavy (non-hydrogen) atoms. The SMILES string of the molecule is CCNC(=O)c1cccc(NC(=O)CN2CCOC(C)C2)c1. The van der Waals surface area contributed by atoms with Crippen LogP contribution in [-0.4, -0.2) is 55.6 Å². The predicted molar refractivity (Wildman–Crippen MR) is 84.9 cm³/mol. The van der Waals surface area contributed by atoms with E-state index < -0.39 is 0 Å². The Hall–Kier alpha value is -1.92. The van der Waals surface area contributed by atoms with Crippen molar-refractivity contribution in [1.29, 1.82) is 0 Å². The fraction of sp³-hybridized carbons (Fsp3) is 0.500. The molecule has 1 fully saturated rings. The number of morpholine rings is 1. The van der Waals surface area contributed by atoms with Crippen LogP contribution in [0, 0.1) is 0 Å². The molecular formula is C16H23N3O3. The average molecular weight is 305 g/mol. The fourth-order valence-corrected chi connectivity index (χ4v) is 2.44. The normalized spacial score (nSPS) is 18.7. The van der Waals surface area contributed by atoms with Gasteiger partial charge >= 0.3 is 0 Å². The molecule has 1 heterocycles. The summed E-state index contributed by atoms with van der Waals surface area (Å²) in [5.74, 6) is -0.220. The van der Waals surface area contributed by atoms with E-state index in [1.807, 2.05) is 13.8 Å². The number of nitrogens with zero attached hydrogens (tertiary/aromatic N) is 1. The zero-order valence-corrected chi connectivity index (χ0v) is 13.1. The van der Waals surface area contributed by atoms with Gasteiger partial charge in [0.1, 0.15) is 0 Å². The van der Waals surface area contributed by atoms with Crippen LogP contribution < -0.4 is 10.6 Å². The van der Waals surface area contributed by atoms with Crippen LogP contribution >= 0.6 is 0 Å². The van der Waals surface area contributed by atoms with E-state index >= 15 is 0 Å². The summed E-state index contributed by atoms with van der Waals surface area (Å²) >= 11 is 0. The van der Waals surface area contributed by atoms with Crippen LogP contribution in [-0.2, 0) is 9.53 Å². The van der Waals surface area contributed by atoms with Gasteiger partial charge in [-0.2, -0.15) is 0 Å². The summed E-state index contributed by atoms with van der Waals surface area (Å²) < 4.78 is 5.46. The number of carbonyl (C=O) groups excluding carboxylic acids is 2. The van der Waals surface area contributed by atoms with Crippen LogP contribution in [0.15, 0.2) is 24.3 Å². The second kappa shape index (κ2) is 7.91. The largest absolute Gasteiger partial charge is 0.376 e. The lowest BCUT2D eigenvalue weighted by Gasteiger charge is -2.30. The number of benzene rings is 1. The molecule has 1 aliphatic heterocycles. The Balaban J connectivity index is 1.91. The molecule has 0 bridgehead atoms. The smallest absolute Gasteiger partial charge is 0.251 e. The molecule has 6 nitrogen and oxygen atoms in total. The van der Waals surface area contributed by atoms with Crippen molar-refractivity contribution in [3.63, 3.8) is 0 Å². The maximum atomic E-state index is 12.1. The molecule has 0 saturated carbocycles. The van der Waals surface area contributed by atoms with Crippen molar-refractivity contribution in [2.45, 2.75) is 20.0 Å². The highest BCUT2D eigenvalue weighted by atomic mass is 16.5. The van der Waals surface area contributed by atoms with Gasteiger partial charge in [0, 0.05) is 30.9 Å². The number of hydrogen-bond acceptors (Lipinski definition) is 4. The van der Waals surface area contributed by atoms with E-state index in [9.17, 15) is 9.59 Å². The lowest BCUT2D eigenvalue weighted by Crippen LogP contribution is -2.44. The maximum absolute atomic E-state index is 12.1. The standard InChI is InChI=1S/C16H23N3O3/c1-3-17-16(21)13-5-4-6-14(9-13)18-15(20)11-19-7-8-22-12(2)10-19/h4-6,9,12H,3,7-8,10-11H2,1-2H3,(H,17,21)(H,18,20). The van der Waals surface area contributed by atoms with Crippen molar-refractivity contribution < 1.29 is 14.3 Å². The molecule has 0 aromatic heterocycles. The first kappa shape index (κ1) is 16.5. The zero-order valence-electron chi connectivity index (χ0n) is 13.1. The van der Waals surface area contributed by atoms with E-state index in [0.29, 0.717) is 30.9 Å². The summed E-state index contributed by atoms with van der Waals surface area (Å²) in [7, 11) is 0. The number of ether oxygens (including phenoxy) is 1. The summed E-state index contributed by atoms with van der Waals surface area (Å²) in [6.07, 6.45) is 0.155. The van der Waals surface area contributed by atoms with Gasteiger partial charge in [-0.3, -0.25) is 14.5 Å². The number of carbonyl (C=O) groups is 2. The number of anilines is 1. The molecule has 1 atom stereocenters. The van der Waals surface area contributed by atoms with E-state index in [2.05, 4.69) is 15.5 Å². The second-order valence-corrected chi connectivity index (χ2v) is 5.40. The van der Waals surface area contributed by atoms with Crippen molar-refractivity contribution in [3.05, 3.63) is 29.8 Å². The van der Waals surface area contributed by atoms with Gasteiger partial charge in [-0.25, -0.2) is 0 Å². The van der Waals surface area contributed by atoms with E-state index in [0.717, 1.165) is 13.1 Å². The summed E-state index contributed by atoms with van der Waals surface area (Å²) in [6, 6.07) is 6.95. The van der Waals surface area contributed by atoms with Gasteiger partial charge in [0.2, 0.25) is 5.91 Å². The molecule has 1 saturated heterocycles. The third kappa shape index (κ3) is 4.82. The van der Waals surface area contributed by atoms with Crippen molar-refractivity contribution in [2.24, 2.45) is 0 Å². The Bertz CT molecular complexity index is 533. The third-order valence-electron chi connectivity index (χ3n) is 3.44. The highest BCUT2D eigenvalue weighted by molar-refractivity contribution is 5.97. The lowest BCUT2D eigenvalue weighted by atomic mass is 10.2. The third-order valence-corrected chi connectivity index (χ3v) is 3.44. The van der Waals surface area contributed by atoms with Crippen LogP contribution in [0.25, 0.3) is 0 Å². The number of amides is 2. The van der Waals surface area contributed by atoms with Crippen LogP contribution in [0.3, 0.4) is 0 Å². The van der Waals surface area contributed by atoms with Gasteiger partial charge < -0.3 is 15.4 Å². The summed E-state index contributed by atoms with van der Waals surface area (Å²) in [5.41, 5.74) is 1.18. The van der Waals surface area contributed by atoms with Crippen LogP contribution in [0.5, 0.6) is 0 Å². The van der Waals surface area contributed by atoms with Crippen molar-refractivity contribution in [1.82, 2.24) is 10.2 Å². The van der Waals surface area contributed by atoms with Gasteiger partial charge in [-0.1, -0.05) is 6.07 Å². The molecule has 6 heteroatoms. The van der Waals surface area contributed by atoms with E-state index in [4.69, 9.17) is 4.74 Å². The van der Waals surface area contributed by atoms with Crippen LogP contribution in [0.2, 0.25) is 0 Å². The minimum atomic E-state index is -0.138. The Morgan fingerprint density at radius 1 is 1.41 bits per heavy atom. The first-order chi connectivity index (χ1) is 10.6. The predicted octanol–water partition coefficient (Wildman–Crippen LogP) is 1.10. The molecule has 1 aromatic rings. The van der Waals surface area contributed by atoms with E-state index in [1.165, 1.54) is 0 Å². The monoisotopic (exact) mass is 305 g/mol. The van der Waals surface area contributed by atoms with Crippen molar-refractivity contribution >= 4 is 17.5 Å². The van der Waals surface area contributed by atoms with E-state index in [1.54, 1.807) is 24.3 Å². The Kier molecular flexibility index (Phi) is 5.91. The van der Waals surface area contributed by atoms with Crippen molar-refractivity contribution in [2.75, 3.05) is 38.1 Å². The summed E-state index contributed by atoms with van der Waals surface area (Å²) in [5, 5.41) is 5.58. The minimum Gasteiger partial charge on any atom is -0.376 e. The zero-order chi connectivity index (χ0) is 15.9. The van der Waals surface area contributed by atoms with Gasteiger partial charge in [0.05, 0.1) is 19.3 Å². The fourth-order valence-electron chi connectivity index (χ4n) is 2.44. The van der Waals surface area contributed by atoms with Crippen LogP contribution in [0.1, 0.15) is 24.2 Å². The topological polar surface area (TPSA) is 70.7 Å². The summed E-state index contributed by atoms with van der Waals surface area (Å²) in [4.78, 5) is 26.0. The van der Waals surface area contributed by atoms with E-state index in [-0.39, 0.29) is 17.9 Å². The summed E-state index contributed by atoms with van der Waals surface area (Å²) in [6.45, 7) is 6.95. The molecule has 1 unspecified atom stereocenters. The molecule has 1 aliphatic rings. The lowest BCUT2D eigenvalue weighted by molar-refractivity contribution is -0.119. The molecular weight excluding hydrogens is 282 g/mol. The first-order valence-corrected chi connectivity index (χ1v) is 7.60. The molecule has 1 aromatic carbocycles. The second-order valence-electron chi connectivity index (χ2n) is 5.40.